The zero-order valence-electron chi connectivity index (χ0n) is 11.3. The van der Waals surface area contributed by atoms with Gasteiger partial charge in [0, 0.05) is 18.5 Å². The number of anilines is 1. The molecule has 1 aromatic rings. The van der Waals surface area contributed by atoms with Crippen LogP contribution in [0.4, 0.5) is 5.69 Å². The van der Waals surface area contributed by atoms with Gasteiger partial charge in [-0.05, 0) is 25.3 Å². The first kappa shape index (κ1) is 13.6. The molecular weight excluding hydrogens is 240 g/mol. The third-order valence-corrected chi connectivity index (χ3v) is 3.47. The molecule has 1 aliphatic heterocycles. The molecule has 1 heterocycles. The SMILES string of the molecule is CCCCC(=O)N1CCC/C(=N/O)c2ccccc21. The summed E-state index contributed by atoms with van der Waals surface area (Å²) in [4.78, 5) is 14.1. The van der Waals surface area contributed by atoms with E-state index in [-0.39, 0.29) is 5.91 Å². The zero-order valence-corrected chi connectivity index (χ0v) is 11.3. The Kier molecular flexibility index (Phi) is 4.55. The molecule has 1 N–H and O–H groups in total. The summed E-state index contributed by atoms with van der Waals surface area (Å²) in [6.45, 7) is 2.78. The molecule has 0 bridgehead atoms. The maximum atomic E-state index is 12.3. The van der Waals surface area contributed by atoms with E-state index in [1.165, 1.54) is 0 Å². The minimum atomic E-state index is 0.161. The molecule has 1 aliphatic rings. The van der Waals surface area contributed by atoms with Crippen molar-refractivity contribution < 1.29 is 10.0 Å². The minimum absolute atomic E-state index is 0.161. The third-order valence-electron chi connectivity index (χ3n) is 3.47. The molecule has 1 aromatic carbocycles. The van der Waals surface area contributed by atoms with Crippen LogP contribution in [0.3, 0.4) is 0 Å². The Morgan fingerprint density at radius 2 is 2.21 bits per heavy atom. The van der Waals surface area contributed by atoms with E-state index >= 15 is 0 Å². The Labute approximate surface area is 113 Å². The van der Waals surface area contributed by atoms with Crippen molar-refractivity contribution >= 4 is 17.3 Å². The van der Waals surface area contributed by atoms with Crippen LogP contribution in [0, 0.1) is 0 Å². The molecule has 0 atom stereocenters. The predicted octanol–water partition coefficient (Wildman–Crippen LogP) is 3.18. The molecule has 4 heteroatoms. The van der Waals surface area contributed by atoms with Gasteiger partial charge < -0.3 is 10.1 Å². The Morgan fingerprint density at radius 3 is 2.95 bits per heavy atom. The zero-order chi connectivity index (χ0) is 13.7. The van der Waals surface area contributed by atoms with E-state index in [2.05, 4.69) is 12.1 Å². The first-order valence-electron chi connectivity index (χ1n) is 6.88. The molecule has 0 aromatic heterocycles. The van der Waals surface area contributed by atoms with Crippen LogP contribution in [0.5, 0.6) is 0 Å². The van der Waals surface area contributed by atoms with Crippen molar-refractivity contribution in [2.75, 3.05) is 11.4 Å². The fourth-order valence-electron chi connectivity index (χ4n) is 2.44. The molecule has 0 unspecified atom stereocenters. The Morgan fingerprint density at radius 1 is 1.42 bits per heavy atom. The number of carbonyl (C=O) groups excluding carboxylic acids is 1. The van der Waals surface area contributed by atoms with Crippen LogP contribution in [-0.2, 0) is 4.79 Å². The second kappa shape index (κ2) is 6.36. The standard InChI is InChI=1S/C15H20N2O2/c1-2-3-10-15(18)17-11-6-8-13(16-19)12-7-4-5-9-14(12)17/h4-5,7,9,19H,2-3,6,8,10-11H2,1H3/b16-13-. The van der Waals surface area contributed by atoms with E-state index in [0.717, 1.165) is 30.5 Å². The lowest BCUT2D eigenvalue weighted by atomic mass is 10.1. The van der Waals surface area contributed by atoms with Gasteiger partial charge in [0.1, 0.15) is 0 Å². The fraction of sp³-hybridized carbons (Fsp3) is 0.467. The van der Waals surface area contributed by atoms with Crippen molar-refractivity contribution in [3.8, 4) is 0 Å². The van der Waals surface area contributed by atoms with Crippen LogP contribution in [0.25, 0.3) is 0 Å². The summed E-state index contributed by atoms with van der Waals surface area (Å²) in [5.74, 6) is 0.161. The molecule has 0 saturated heterocycles. The van der Waals surface area contributed by atoms with Crippen LogP contribution < -0.4 is 4.90 Å². The van der Waals surface area contributed by atoms with Gasteiger partial charge in [-0.15, -0.1) is 0 Å². The van der Waals surface area contributed by atoms with Gasteiger partial charge in [0.2, 0.25) is 5.91 Å². The lowest BCUT2D eigenvalue weighted by Crippen LogP contribution is -2.31. The van der Waals surface area contributed by atoms with Crippen molar-refractivity contribution in [3.05, 3.63) is 29.8 Å². The lowest BCUT2D eigenvalue weighted by molar-refractivity contribution is -0.118. The summed E-state index contributed by atoms with van der Waals surface area (Å²) in [6, 6.07) is 7.66. The molecule has 0 radical (unpaired) electrons. The summed E-state index contributed by atoms with van der Waals surface area (Å²) < 4.78 is 0. The van der Waals surface area contributed by atoms with Crippen LogP contribution in [0.2, 0.25) is 0 Å². The van der Waals surface area contributed by atoms with Gasteiger partial charge in [-0.1, -0.05) is 36.7 Å². The molecule has 19 heavy (non-hydrogen) atoms. The number of oxime groups is 1. The molecule has 0 spiro atoms. The molecular formula is C15H20N2O2. The number of para-hydroxylation sites is 1. The quantitative estimate of drug-likeness (QED) is 0.670. The number of rotatable bonds is 3. The van der Waals surface area contributed by atoms with E-state index in [9.17, 15) is 4.79 Å². The van der Waals surface area contributed by atoms with Crippen molar-refractivity contribution in [2.24, 2.45) is 5.16 Å². The molecule has 1 amide bonds. The van der Waals surface area contributed by atoms with Crippen molar-refractivity contribution in [3.63, 3.8) is 0 Å². The maximum Gasteiger partial charge on any atom is 0.226 e. The van der Waals surface area contributed by atoms with Gasteiger partial charge in [0.25, 0.3) is 0 Å². The summed E-state index contributed by atoms with van der Waals surface area (Å²) >= 11 is 0. The maximum absolute atomic E-state index is 12.3. The molecule has 0 saturated carbocycles. The van der Waals surface area contributed by atoms with Crippen molar-refractivity contribution in [2.45, 2.75) is 39.0 Å². The topological polar surface area (TPSA) is 52.9 Å². The van der Waals surface area contributed by atoms with E-state index in [0.29, 0.717) is 25.1 Å². The lowest BCUT2D eigenvalue weighted by Gasteiger charge is -2.22. The van der Waals surface area contributed by atoms with Gasteiger partial charge in [-0.2, -0.15) is 0 Å². The average molecular weight is 260 g/mol. The largest absolute Gasteiger partial charge is 0.411 e. The number of unbranched alkanes of at least 4 members (excludes halogenated alkanes) is 1. The summed E-state index contributed by atoms with van der Waals surface area (Å²) in [5.41, 5.74) is 2.41. The highest BCUT2D eigenvalue weighted by atomic mass is 16.4. The summed E-state index contributed by atoms with van der Waals surface area (Å²) in [5, 5.41) is 12.5. The predicted molar refractivity (Wildman–Crippen MR) is 75.9 cm³/mol. The molecule has 2 rings (SSSR count). The molecule has 0 aliphatic carbocycles. The highest BCUT2D eigenvalue weighted by Gasteiger charge is 2.23. The van der Waals surface area contributed by atoms with Gasteiger partial charge in [0.15, 0.2) is 0 Å². The number of nitrogens with zero attached hydrogens (tertiary/aromatic N) is 2. The number of hydrogen-bond acceptors (Lipinski definition) is 3. The van der Waals surface area contributed by atoms with Gasteiger partial charge in [-0.25, -0.2) is 0 Å². The Hall–Kier alpha value is -1.84. The second-order valence-electron chi connectivity index (χ2n) is 4.82. The fourth-order valence-corrected chi connectivity index (χ4v) is 2.44. The smallest absolute Gasteiger partial charge is 0.226 e. The first-order chi connectivity index (χ1) is 9.27. The highest BCUT2D eigenvalue weighted by Crippen LogP contribution is 2.27. The molecule has 4 nitrogen and oxygen atoms in total. The van der Waals surface area contributed by atoms with E-state index in [1.807, 2.05) is 29.2 Å². The summed E-state index contributed by atoms with van der Waals surface area (Å²) in [6.07, 6.45) is 4.04. The van der Waals surface area contributed by atoms with Crippen LogP contribution in [0.1, 0.15) is 44.6 Å². The van der Waals surface area contributed by atoms with Crippen LogP contribution >= 0.6 is 0 Å². The average Bonchev–Trinajstić information content (AvgIpc) is 2.64. The summed E-state index contributed by atoms with van der Waals surface area (Å²) in [7, 11) is 0. The first-order valence-corrected chi connectivity index (χ1v) is 6.88. The van der Waals surface area contributed by atoms with Crippen LogP contribution in [-0.4, -0.2) is 23.4 Å². The second-order valence-corrected chi connectivity index (χ2v) is 4.82. The van der Waals surface area contributed by atoms with Gasteiger partial charge in [-0.3, -0.25) is 4.79 Å². The number of hydrogen-bond donors (Lipinski definition) is 1. The molecule has 0 fully saturated rings. The third kappa shape index (κ3) is 2.95. The van der Waals surface area contributed by atoms with Crippen molar-refractivity contribution in [1.82, 2.24) is 0 Å². The Bertz CT molecular complexity index is 483. The number of benzene rings is 1. The van der Waals surface area contributed by atoms with Crippen molar-refractivity contribution in [1.29, 1.82) is 0 Å². The normalized spacial score (nSPS) is 17.1. The monoisotopic (exact) mass is 260 g/mol. The highest BCUT2D eigenvalue weighted by molar-refractivity contribution is 6.09. The van der Waals surface area contributed by atoms with E-state index in [4.69, 9.17) is 5.21 Å². The minimum Gasteiger partial charge on any atom is -0.411 e. The van der Waals surface area contributed by atoms with E-state index < -0.39 is 0 Å². The van der Waals surface area contributed by atoms with Gasteiger partial charge in [0.05, 0.1) is 11.4 Å². The number of fused-ring (bicyclic) bond motifs is 1. The Balaban J connectivity index is 2.33. The van der Waals surface area contributed by atoms with Crippen LogP contribution in [0.15, 0.2) is 29.4 Å². The number of carbonyl (C=O) groups is 1. The molecule has 102 valence electrons. The number of amides is 1. The van der Waals surface area contributed by atoms with E-state index in [1.54, 1.807) is 0 Å². The van der Waals surface area contributed by atoms with Gasteiger partial charge >= 0.3 is 0 Å².